The molecule has 1 radical (unpaired) electrons. The van der Waals surface area contributed by atoms with Gasteiger partial charge in [-0.25, -0.2) is 4.57 Å². The molecule has 63 valence electrons. The summed E-state index contributed by atoms with van der Waals surface area (Å²) in [5.74, 6) is 0. The Kier molecular flexibility index (Phi) is 1.70. The number of nitrogens with zero attached hydrogens (tertiary/aromatic N) is 1. The molecule has 1 heterocycles. The first kappa shape index (κ1) is 7.73. The van der Waals surface area contributed by atoms with E-state index in [1.165, 1.54) is 6.07 Å². The lowest BCUT2D eigenvalue weighted by Crippen LogP contribution is -2.18. The molecule has 2 aromatic rings. The fourth-order valence-corrected chi connectivity index (χ4v) is 1.26. The van der Waals surface area contributed by atoms with Crippen LogP contribution >= 0.6 is 0 Å². The monoisotopic (exact) mass is 172 g/mol. The average Bonchev–Trinajstić information content (AvgIpc) is 2.18. The smallest absolute Gasteiger partial charge is 0.257 e. The van der Waals surface area contributed by atoms with Crippen molar-refractivity contribution >= 4 is 17.3 Å². The normalized spacial score (nSPS) is 10.2. The van der Waals surface area contributed by atoms with Gasteiger partial charge >= 0.3 is 0 Å². The molecule has 0 aliphatic heterocycles. The van der Waals surface area contributed by atoms with Gasteiger partial charge in [-0.1, -0.05) is 6.07 Å². The predicted octanol–water partition coefficient (Wildman–Crippen LogP) is 0.840. The van der Waals surface area contributed by atoms with Gasteiger partial charge in [0.15, 0.2) is 0 Å². The van der Waals surface area contributed by atoms with Crippen molar-refractivity contribution in [3.05, 3.63) is 46.8 Å². The summed E-state index contributed by atoms with van der Waals surface area (Å²) in [6.07, 6.45) is 0.519. The zero-order valence-corrected chi connectivity index (χ0v) is 6.73. The van der Waals surface area contributed by atoms with Crippen molar-refractivity contribution in [1.82, 2.24) is 4.57 Å². The number of benzene rings is 1. The molecule has 0 aliphatic carbocycles. The van der Waals surface area contributed by atoms with E-state index >= 15 is 0 Å². The highest BCUT2D eigenvalue weighted by Gasteiger charge is 1.99. The number of hydrogen-bond acceptors (Lipinski definition) is 2. The molecule has 0 spiro atoms. The third-order valence-corrected chi connectivity index (χ3v) is 1.88. The maximum atomic E-state index is 11.2. The summed E-state index contributed by atoms with van der Waals surface area (Å²) in [6, 6.07) is 11.0. The Morgan fingerprint density at radius 3 is 2.92 bits per heavy atom. The first-order valence-corrected chi connectivity index (χ1v) is 3.79. The van der Waals surface area contributed by atoms with E-state index in [0.29, 0.717) is 11.9 Å². The van der Waals surface area contributed by atoms with Gasteiger partial charge in [0.2, 0.25) is 6.41 Å². The lowest BCUT2D eigenvalue weighted by atomic mass is 10.2. The van der Waals surface area contributed by atoms with Gasteiger partial charge in [0.1, 0.15) is 0 Å². The van der Waals surface area contributed by atoms with E-state index in [4.69, 9.17) is 0 Å². The molecule has 3 heteroatoms. The third-order valence-electron chi connectivity index (χ3n) is 1.88. The van der Waals surface area contributed by atoms with Gasteiger partial charge in [-0.05, 0) is 29.7 Å². The van der Waals surface area contributed by atoms with Crippen LogP contribution in [0.1, 0.15) is 0 Å². The minimum atomic E-state index is -0.311. The number of pyridine rings is 1. The van der Waals surface area contributed by atoms with Crippen LogP contribution in [0.25, 0.3) is 10.9 Å². The maximum Gasteiger partial charge on any atom is 0.257 e. The van der Waals surface area contributed by atoms with Gasteiger partial charge in [-0.3, -0.25) is 9.59 Å². The number of carbonyl (C=O) groups excluding carboxylic acids is 1. The standard InChI is InChI=1S/C10H6NO2/c12-7-11-9-4-2-1-3-8(9)5-6-10(11)13/h2-7H. The summed E-state index contributed by atoms with van der Waals surface area (Å²) < 4.78 is 1.07. The molecule has 0 unspecified atom stereocenters. The molecule has 0 N–H and O–H groups in total. The van der Waals surface area contributed by atoms with Crippen LogP contribution in [0.4, 0.5) is 0 Å². The van der Waals surface area contributed by atoms with Crippen molar-refractivity contribution < 1.29 is 4.79 Å². The molecule has 0 bridgehead atoms. The van der Waals surface area contributed by atoms with E-state index in [1.807, 2.05) is 0 Å². The molecule has 0 saturated heterocycles. The van der Waals surface area contributed by atoms with Crippen molar-refractivity contribution in [1.29, 1.82) is 0 Å². The Balaban J connectivity index is 3.00. The Morgan fingerprint density at radius 2 is 2.15 bits per heavy atom. The van der Waals surface area contributed by atoms with Gasteiger partial charge in [0.25, 0.3) is 5.56 Å². The fraction of sp³-hybridized carbons (Fsp3) is 0. The number of rotatable bonds is 1. The Bertz CT molecular complexity index is 514. The molecule has 0 saturated carbocycles. The van der Waals surface area contributed by atoms with Crippen molar-refractivity contribution in [2.45, 2.75) is 0 Å². The second-order valence-corrected chi connectivity index (χ2v) is 2.63. The zero-order valence-electron chi connectivity index (χ0n) is 6.73. The molecule has 2 rings (SSSR count). The van der Waals surface area contributed by atoms with Crippen LogP contribution < -0.4 is 5.56 Å². The molecule has 0 amide bonds. The highest BCUT2D eigenvalue weighted by molar-refractivity contribution is 5.83. The molecule has 1 aromatic heterocycles. The van der Waals surface area contributed by atoms with Crippen LogP contribution in [0.5, 0.6) is 0 Å². The van der Waals surface area contributed by atoms with Gasteiger partial charge < -0.3 is 0 Å². The van der Waals surface area contributed by atoms with E-state index in [-0.39, 0.29) is 5.56 Å². The lowest BCUT2D eigenvalue weighted by Gasteiger charge is -2.00. The third kappa shape index (κ3) is 1.14. The molecule has 0 aliphatic rings. The molecule has 0 atom stereocenters. The largest absolute Gasteiger partial charge is 0.278 e. The molecule has 1 aromatic carbocycles. The minimum absolute atomic E-state index is 0.311. The maximum absolute atomic E-state index is 11.2. The summed E-state index contributed by atoms with van der Waals surface area (Å²) in [5, 5.41) is 0.828. The quantitative estimate of drug-likeness (QED) is 0.598. The molecule has 0 fully saturated rings. The van der Waals surface area contributed by atoms with Gasteiger partial charge in [-0.15, -0.1) is 0 Å². The van der Waals surface area contributed by atoms with Gasteiger partial charge in [0.05, 0.1) is 5.52 Å². The second-order valence-electron chi connectivity index (χ2n) is 2.63. The first-order chi connectivity index (χ1) is 6.33. The van der Waals surface area contributed by atoms with Crippen molar-refractivity contribution in [2.24, 2.45) is 0 Å². The van der Waals surface area contributed by atoms with Crippen LogP contribution in [0.3, 0.4) is 0 Å². The van der Waals surface area contributed by atoms with Crippen molar-refractivity contribution in [3.8, 4) is 0 Å². The van der Waals surface area contributed by atoms with Crippen LogP contribution in [0.15, 0.2) is 35.1 Å². The number of aromatic nitrogens is 1. The van der Waals surface area contributed by atoms with Crippen molar-refractivity contribution in [3.63, 3.8) is 0 Å². The minimum Gasteiger partial charge on any atom is -0.278 e. The summed E-state index contributed by atoms with van der Waals surface area (Å²) in [7, 11) is 0. The van der Waals surface area contributed by atoms with Gasteiger partial charge in [-0.2, -0.15) is 0 Å². The summed E-state index contributed by atoms with van der Waals surface area (Å²) in [5.41, 5.74) is 0.301. The SMILES string of the molecule is O=Cn1c(=O)ccc2c[c]ccc21. The summed E-state index contributed by atoms with van der Waals surface area (Å²) >= 11 is 0. The Morgan fingerprint density at radius 1 is 1.31 bits per heavy atom. The zero-order chi connectivity index (χ0) is 9.26. The highest BCUT2D eigenvalue weighted by atomic mass is 16.2. The summed E-state index contributed by atoms with van der Waals surface area (Å²) in [6.45, 7) is 0. The van der Waals surface area contributed by atoms with Crippen molar-refractivity contribution in [2.75, 3.05) is 0 Å². The van der Waals surface area contributed by atoms with E-state index in [0.717, 1.165) is 9.95 Å². The predicted molar refractivity (Wildman–Crippen MR) is 49.2 cm³/mol. The number of hydrogen-bond donors (Lipinski definition) is 0. The molecular formula is C10H6NO2. The van der Waals surface area contributed by atoms with Gasteiger partial charge in [0, 0.05) is 6.07 Å². The van der Waals surface area contributed by atoms with Crippen LogP contribution in [0.2, 0.25) is 0 Å². The number of fused-ring (bicyclic) bond motifs is 1. The van der Waals surface area contributed by atoms with Crippen LogP contribution in [0, 0.1) is 6.07 Å². The molecular weight excluding hydrogens is 166 g/mol. The Hall–Kier alpha value is -1.90. The van der Waals surface area contributed by atoms with E-state index in [9.17, 15) is 9.59 Å². The summed E-state index contributed by atoms with van der Waals surface area (Å²) in [4.78, 5) is 21.8. The fourth-order valence-electron chi connectivity index (χ4n) is 1.26. The van der Waals surface area contributed by atoms with E-state index < -0.39 is 0 Å². The first-order valence-electron chi connectivity index (χ1n) is 3.79. The average molecular weight is 172 g/mol. The topological polar surface area (TPSA) is 39.1 Å². The van der Waals surface area contributed by atoms with E-state index in [1.54, 1.807) is 24.3 Å². The van der Waals surface area contributed by atoms with Crippen LogP contribution in [-0.4, -0.2) is 11.0 Å². The lowest BCUT2D eigenvalue weighted by molar-refractivity contribution is 0.547. The second kappa shape index (κ2) is 2.86. The van der Waals surface area contributed by atoms with Crippen LogP contribution in [-0.2, 0) is 4.79 Å². The van der Waals surface area contributed by atoms with E-state index in [2.05, 4.69) is 6.07 Å². The highest BCUT2D eigenvalue weighted by Crippen LogP contribution is 2.08. The molecule has 3 nitrogen and oxygen atoms in total. The number of carbonyl (C=O) groups is 1. The Labute approximate surface area is 74.2 Å². The molecule has 13 heavy (non-hydrogen) atoms.